The zero-order valence-electron chi connectivity index (χ0n) is 23.8. The Hall–Kier alpha value is -3.73. The van der Waals surface area contributed by atoms with Crippen LogP contribution in [0.3, 0.4) is 0 Å². The van der Waals surface area contributed by atoms with Crippen molar-refractivity contribution >= 4 is 35.3 Å². The molecule has 1 saturated carbocycles. The minimum Gasteiger partial charge on any atom is -0.449 e. The molecular weight excluding hydrogens is 556 g/mol. The number of amides is 2. The van der Waals surface area contributed by atoms with Gasteiger partial charge in [0.15, 0.2) is 0 Å². The molecule has 2 fully saturated rings. The average molecular weight is 591 g/mol. The molecule has 1 aromatic carbocycles. The molecule has 0 spiro atoms. The zero-order valence-corrected chi connectivity index (χ0v) is 24.6. The van der Waals surface area contributed by atoms with Crippen LogP contribution >= 0.6 is 11.6 Å². The van der Waals surface area contributed by atoms with E-state index in [1.165, 1.54) is 7.11 Å². The first-order valence-corrected chi connectivity index (χ1v) is 14.7. The fraction of sp³-hybridized carbons (Fsp3) is 0.419. The number of fused-ring (bicyclic) bond motifs is 2. The number of aryl methyl sites for hydroxylation is 1. The lowest BCUT2D eigenvalue weighted by Gasteiger charge is -2.39. The molecule has 1 N–H and O–H groups in total. The second-order valence-corrected chi connectivity index (χ2v) is 11.6. The first-order valence-electron chi connectivity index (χ1n) is 14.3. The summed E-state index contributed by atoms with van der Waals surface area (Å²) < 4.78 is 12.6. The number of benzene rings is 1. The van der Waals surface area contributed by atoms with Crippen molar-refractivity contribution in [1.82, 2.24) is 29.7 Å². The van der Waals surface area contributed by atoms with Crippen molar-refractivity contribution in [2.75, 3.05) is 46.5 Å². The molecule has 2 atom stereocenters. The minimum atomic E-state index is -0.526. The van der Waals surface area contributed by atoms with E-state index in [0.717, 1.165) is 46.5 Å². The van der Waals surface area contributed by atoms with E-state index in [1.807, 2.05) is 48.1 Å². The van der Waals surface area contributed by atoms with Gasteiger partial charge >= 0.3 is 6.09 Å². The number of rotatable bonds is 8. The Morgan fingerprint density at radius 3 is 2.69 bits per heavy atom. The third-order valence-electron chi connectivity index (χ3n) is 8.18. The smallest absolute Gasteiger partial charge is 0.409 e. The number of nitrogens with zero attached hydrogens (tertiary/aromatic N) is 5. The molecule has 42 heavy (non-hydrogen) atoms. The van der Waals surface area contributed by atoms with Crippen LogP contribution in [0.25, 0.3) is 11.6 Å². The van der Waals surface area contributed by atoms with Gasteiger partial charge in [0.2, 0.25) is 5.91 Å². The van der Waals surface area contributed by atoms with Crippen molar-refractivity contribution in [3.63, 3.8) is 0 Å². The maximum Gasteiger partial charge on any atom is 0.409 e. The Kier molecular flexibility index (Phi) is 8.28. The number of ether oxygens (including phenoxy) is 2. The lowest BCUT2D eigenvalue weighted by atomic mass is 9.89. The Morgan fingerprint density at radius 2 is 1.98 bits per heavy atom. The predicted octanol–water partition coefficient (Wildman–Crippen LogP) is 4.08. The van der Waals surface area contributed by atoms with E-state index in [1.54, 1.807) is 17.4 Å². The monoisotopic (exact) mass is 590 g/mol. The van der Waals surface area contributed by atoms with Crippen molar-refractivity contribution in [1.29, 1.82) is 0 Å². The van der Waals surface area contributed by atoms with Crippen LogP contribution in [0.5, 0.6) is 0 Å². The third kappa shape index (κ3) is 5.92. The highest BCUT2D eigenvalue weighted by molar-refractivity contribution is 6.30. The minimum absolute atomic E-state index is 0.0713. The molecule has 3 heterocycles. The van der Waals surface area contributed by atoms with Gasteiger partial charge in [-0.2, -0.15) is 0 Å². The van der Waals surface area contributed by atoms with E-state index >= 15 is 0 Å². The molecule has 6 rings (SSSR count). The van der Waals surface area contributed by atoms with Gasteiger partial charge in [0.1, 0.15) is 6.61 Å². The van der Waals surface area contributed by atoms with Crippen LogP contribution in [-0.4, -0.2) is 82.8 Å². The number of carbonyl (C=O) groups is 2. The summed E-state index contributed by atoms with van der Waals surface area (Å²) in [6.45, 7) is 2.89. The highest BCUT2D eigenvalue weighted by Gasteiger charge is 2.36. The summed E-state index contributed by atoms with van der Waals surface area (Å²) in [5.74, 6) is 0.286. The Morgan fingerprint density at radius 1 is 1.17 bits per heavy atom. The molecular formula is C31H35ClN6O4. The topological polar surface area (TPSA) is 102 Å². The largest absolute Gasteiger partial charge is 0.449 e. The van der Waals surface area contributed by atoms with E-state index in [4.69, 9.17) is 26.1 Å². The fourth-order valence-electron chi connectivity index (χ4n) is 5.82. The van der Waals surface area contributed by atoms with E-state index < -0.39 is 6.04 Å². The van der Waals surface area contributed by atoms with Crippen LogP contribution in [0.1, 0.15) is 53.0 Å². The van der Waals surface area contributed by atoms with Crippen LogP contribution in [0.4, 0.5) is 4.79 Å². The van der Waals surface area contributed by atoms with E-state index in [0.29, 0.717) is 43.7 Å². The molecule has 1 aliphatic heterocycles. The normalized spacial score (nSPS) is 19.3. The van der Waals surface area contributed by atoms with Crippen molar-refractivity contribution in [2.45, 2.75) is 24.9 Å². The molecule has 3 aliphatic rings. The number of aromatic nitrogens is 3. The molecule has 1 saturated heterocycles. The standard InChI is InChI=1S/C31H35ClN6O4/c1-36-19-33-16-26(36)29(35-27(39)18-41-2)25-14-21-4-3-9-34-28(21)30(23-8-7-22(32)15-24(23)25)37-10-12-38(13-11-37)31(40)42-17-20-5-6-20/h3-4,7-9,14-16,19-20,29-30H,5-6,10-13,17-18H2,1-2H3,(H,35,39)/t29-,30+/m1/s1. The Labute approximate surface area is 250 Å². The van der Waals surface area contributed by atoms with Crippen LogP contribution < -0.4 is 5.32 Å². The van der Waals surface area contributed by atoms with Gasteiger partial charge in [-0.25, -0.2) is 9.78 Å². The summed E-state index contributed by atoms with van der Waals surface area (Å²) in [5, 5.41) is 3.75. The van der Waals surface area contributed by atoms with Gasteiger partial charge in [-0.3, -0.25) is 14.7 Å². The molecule has 220 valence electrons. The number of piperazine rings is 1. The molecule has 0 unspecified atom stereocenters. The summed E-state index contributed by atoms with van der Waals surface area (Å²) in [6, 6.07) is 9.16. The first kappa shape index (κ1) is 28.4. The predicted molar refractivity (Wildman–Crippen MR) is 159 cm³/mol. The zero-order chi connectivity index (χ0) is 29.2. The van der Waals surface area contributed by atoms with Crippen LogP contribution in [-0.2, 0) is 21.3 Å². The molecule has 3 aromatic rings. The molecule has 2 amide bonds. The fourth-order valence-corrected chi connectivity index (χ4v) is 5.99. The van der Waals surface area contributed by atoms with E-state index in [2.05, 4.69) is 21.3 Å². The number of nitrogens with one attached hydrogen (secondary N) is 1. The number of hydrogen-bond donors (Lipinski definition) is 1. The van der Waals surface area contributed by atoms with Gasteiger partial charge in [-0.15, -0.1) is 0 Å². The maximum atomic E-state index is 12.9. The summed E-state index contributed by atoms with van der Waals surface area (Å²) in [6.07, 6.45) is 9.44. The number of methoxy groups -OCH3 is 1. The maximum absolute atomic E-state index is 12.9. The second-order valence-electron chi connectivity index (χ2n) is 11.1. The quantitative estimate of drug-likeness (QED) is 0.422. The lowest BCUT2D eigenvalue weighted by molar-refractivity contribution is -0.125. The summed E-state index contributed by atoms with van der Waals surface area (Å²) in [7, 11) is 3.40. The van der Waals surface area contributed by atoms with Gasteiger partial charge in [0, 0.05) is 51.6 Å². The number of halogens is 1. The molecule has 11 heteroatoms. The van der Waals surface area contributed by atoms with Crippen molar-refractivity contribution in [3.05, 3.63) is 82.2 Å². The second kappa shape index (κ2) is 12.2. The van der Waals surface area contributed by atoms with Crippen molar-refractivity contribution < 1.29 is 19.1 Å². The molecule has 2 aliphatic carbocycles. The molecule has 10 nitrogen and oxygen atoms in total. The average Bonchev–Trinajstić information content (AvgIpc) is 3.75. The first-order chi connectivity index (χ1) is 20.4. The van der Waals surface area contributed by atoms with Crippen LogP contribution in [0.2, 0.25) is 5.02 Å². The molecule has 0 bridgehead atoms. The van der Waals surface area contributed by atoms with Crippen molar-refractivity contribution in [3.8, 4) is 0 Å². The van der Waals surface area contributed by atoms with E-state index in [-0.39, 0.29) is 24.6 Å². The lowest BCUT2D eigenvalue weighted by Crippen LogP contribution is -2.50. The Bertz CT molecular complexity index is 1490. The molecule has 0 radical (unpaired) electrons. The SMILES string of the molecule is COCC(=O)N[C@H](C1=Cc2cccnc2[C@@H](N2CCN(C(=O)OCC3CC3)CC2)c2ccc(Cl)cc21)c1cncn1C. The highest BCUT2D eigenvalue weighted by atomic mass is 35.5. The summed E-state index contributed by atoms with van der Waals surface area (Å²) in [5.41, 5.74) is 5.50. The molecule has 2 aromatic heterocycles. The number of hydrogen-bond acceptors (Lipinski definition) is 7. The number of imidazole rings is 1. The van der Waals surface area contributed by atoms with Crippen LogP contribution in [0, 0.1) is 5.92 Å². The number of carbonyl (C=O) groups excluding carboxylic acids is 2. The van der Waals surface area contributed by atoms with Crippen LogP contribution in [0.15, 0.2) is 49.1 Å². The Balaban J connectivity index is 1.38. The van der Waals surface area contributed by atoms with Gasteiger partial charge < -0.3 is 24.3 Å². The van der Waals surface area contributed by atoms with Gasteiger partial charge in [-0.1, -0.05) is 23.7 Å². The van der Waals surface area contributed by atoms with Gasteiger partial charge in [0.05, 0.1) is 42.6 Å². The number of pyridine rings is 1. The van der Waals surface area contributed by atoms with E-state index in [9.17, 15) is 9.59 Å². The summed E-state index contributed by atoms with van der Waals surface area (Å²) >= 11 is 6.63. The highest BCUT2D eigenvalue weighted by Crippen LogP contribution is 2.44. The van der Waals surface area contributed by atoms with Gasteiger partial charge in [0.25, 0.3) is 0 Å². The third-order valence-corrected chi connectivity index (χ3v) is 8.42. The summed E-state index contributed by atoms with van der Waals surface area (Å²) in [4.78, 5) is 39.0. The van der Waals surface area contributed by atoms with Gasteiger partial charge in [-0.05, 0) is 65.3 Å². The van der Waals surface area contributed by atoms with Crippen molar-refractivity contribution in [2.24, 2.45) is 13.0 Å².